The van der Waals surface area contributed by atoms with Crippen LogP contribution in [0.4, 0.5) is 8.78 Å². The number of nitrogens with two attached hydrogens (primary N) is 1. The summed E-state index contributed by atoms with van der Waals surface area (Å²) in [6, 6.07) is 2.21. The summed E-state index contributed by atoms with van der Waals surface area (Å²) in [5.74, 6) is -0.841. The lowest BCUT2D eigenvalue weighted by molar-refractivity contribution is 0.449. The monoisotopic (exact) mass is 225 g/mol. The molecule has 1 fully saturated rings. The van der Waals surface area contributed by atoms with E-state index in [-0.39, 0.29) is 16.9 Å². The van der Waals surface area contributed by atoms with Gasteiger partial charge in [0, 0.05) is 11.6 Å². The summed E-state index contributed by atoms with van der Waals surface area (Å²) < 4.78 is 27.4. The first kappa shape index (κ1) is 11.5. The van der Waals surface area contributed by atoms with Crippen LogP contribution in [0.1, 0.15) is 37.4 Å². The van der Waals surface area contributed by atoms with Crippen LogP contribution in [0.5, 0.6) is 0 Å². The van der Waals surface area contributed by atoms with Gasteiger partial charge >= 0.3 is 0 Å². The predicted octanol–water partition coefficient (Wildman–Crippen LogP) is 3.32. The lowest BCUT2D eigenvalue weighted by Crippen LogP contribution is -2.19. The van der Waals surface area contributed by atoms with E-state index in [1.807, 2.05) is 0 Å². The average Bonchev–Trinajstić information content (AvgIpc) is 2.82. The Hall–Kier alpha value is -0.960. The molecule has 1 aliphatic rings. The van der Waals surface area contributed by atoms with Gasteiger partial charge < -0.3 is 5.73 Å². The van der Waals surface area contributed by atoms with Crippen molar-refractivity contribution in [3.05, 3.63) is 34.9 Å². The van der Waals surface area contributed by atoms with Gasteiger partial charge in [-0.25, -0.2) is 8.78 Å². The first-order valence-corrected chi connectivity index (χ1v) is 5.54. The molecule has 1 saturated carbocycles. The van der Waals surface area contributed by atoms with Crippen molar-refractivity contribution in [2.75, 3.05) is 0 Å². The van der Waals surface area contributed by atoms with E-state index >= 15 is 0 Å². The van der Waals surface area contributed by atoms with Crippen molar-refractivity contribution in [2.24, 2.45) is 17.1 Å². The number of hydrogen-bond donors (Lipinski definition) is 1. The van der Waals surface area contributed by atoms with Crippen LogP contribution in [0, 0.1) is 29.9 Å². The second kappa shape index (κ2) is 3.52. The van der Waals surface area contributed by atoms with Crippen molar-refractivity contribution < 1.29 is 8.78 Å². The maximum absolute atomic E-state index is 13.8. The molecule has 16 heavy (non-hydrogen) atoms. The maximum atomic E-state index is 13.8. The predicted molar refractivity (Wildman–Crippen MR) is 59.9 cm³/mol. The van der Waals surface area contributed by atoms with Crippen LogP contribution in [0.25, 0.3) is 0 Å². The molecule has 0 bridgehead atoms. The van der Waals surface area contributed by atoms with Gasteiger partial charge in [-0.05, 0) is 36.3 Å². The highest BCUT2D eigenvalue weighted by Gasteiger charge is 2.50. The van der Waals surface area contributed by atoms with Gasteiger partial charge in [-0.1, -0.05) is 19.9 Å². The molecule has 0 heterocycles. The quantitative estimate of drug-likeness (QED) is 0.821. The number of halogens is 2. The van der Waals surface area contributed by atoms with Gasteiger partial charge in [0.15, 0.2) is 0 Å². The van der Waals surface area contributed by atoms with E-state index in [1.54, 1.807) is 6.92 Å². The van der Waals surface area contributed by atoms with Crippen molar-refractivity contribution in [1.29, 1.82) is 0 Å². The number of benzene rings is 1. The summed E-state index contributed by atoms with van der Waals surface area (Å²) in [4.78, 5) is 0. The molecule has 2 N–H and O–H groups in total. The zero-order chi connectivity index (χ0) is 12.1. The van der Waals surface area contributed by atoms with Gasteiger partial charge in [-0.3, -0.25) is 0 Å². The summed E-state index contributed by atoms with van der Waals surface area (Å²) in [6.45, 7) is 5.77. The van der Waals surface area contributed by atoms with Crippen LogP contribution in [-0.4, -0.2) is 0 Å². The summed E-state index contributed by atoms with van der Waals surface area (Å²) in [6.07, 6.45) is 0.932. The van der Waals surface area contributed by atoms with Crippen LogP contribution in [0.3, 0.4) is 0 Å². The van der Waals surface area contributed by atoms with E-state index < -0.39 is 17.7 Å². The van der Waals surface area contributed by atoms with E-state index in [0.29, 0.717) is 5.56 Å². The molecule has 88 valence electrons. The van der Waals surface area contributed by atoms with Crippen LogP contribution < -0.4 is 5.73 Å². The number of aryl methyl sites for hydroxylation is 1. The van der Waals surface area contributed by atoms with Crippen LogP contribution in [-0.2, 0) is 0 Å². The molecule has 1 aromatic carbocycles. The maximum Gasteiger partial charge on any atom is 0.133 e. The number of rotatable bonds is 2. The van der Waals surface area contributed by atoms with Crippen LogP contribution >= 0.6 is 0 Å². The minimum absolute atomic E-state index is 0.0515. The van der Waals surface area contributed by atoms with E-state index in [9.17, 15) is 8.78 Å². The van der Waals surface area contributed by atoms with Crippen molar-refractivity contribution in [3.63, 3.8) is 0 Å². The first-order chi connectivity index (χ1) is 7.34. The zero-order valence-electron chi connectivity index (χ0n) is 9.85. The van der Waals surface area contributed by atoms with E-state index in [0.717, 1.165) is 6.42 Å². The first-order valence-electron chi connectivity index (χ1n) is 5.54. The van der Waals surface area contributed by atoms with Gasteiger partial charge in [0.25, 0.3) is 0 Å². The van der Waals surface area contributed by atoms with Crippen LogP contribution in [0.2, 0.25) is 0 Å². The second-order valence-electron chi connectivity index (χ2n) is 5.42. The van der Waals surface area contributed by atoms with E-state index in [1.165, 1.54) is 12.1 Å². The smallest absolute Gasteiger partial charge is 0.133 e. The van der Waals surface area contributed by atoms with Crippen LogP contribution in [0.15, 0.2) is 12.1 Å². The van der Waals surface area contributed by atoms with Crippen molar-refractivity contribution in [3.8, 4) is 0 Å². The van der Waals surface area contributed by atoms with Gasteiger partial charge in [0.1, 0.15) is 11.6 Å². The Morgan fingerprint density at radius 2 is 1.94 bits per heavy atom. The molecule has 1 aliphatic carbocycles. The zero-order valence-corrected chi connectivity index (χ0v) is 9.85. The molecule has 0 radical (unpaired) electrons. The minimum atomic E-state index is -0.533. The molecule has 0 spiro atoms. The molecular weight excluding hydrogens is 208 g/mol. The largest absolute Gasteiger partial charge is 0.324 e. The SMILES string of the molecule is Cc1ccc(F)c(C(N)C2CC2(C)C)c1F. The van der Waals surface area contributed by atoms with Crippen molar-refractivity contribution >= 4 is 0 Å². The Morgan fingerprint density at radius 3 is 2.44 bits per heavy atom. The fourth-order valence-corrected chi connectivity index (χ4v) is 2.31. The third kappa shape index (κ3) is 1.73. The van der Waals surface area contributed by atoms with E-state index in [4.69, 9.17) is 5.73 Å². The van der Waals surface area contributed by atoms with Crippen molar-refractivity contribution in [2.45, 2.75) is 33.2 Å². The molecule has 0 aliphatic heterocycles. The third-order valence-electron chi connectivity index (χ3n) is 3.68. The van der Waals surface area contributed by atoms with Gasteiger partial charge in [0.2, 0.25) is 0 Å². The molecule has 0 aromatic heterocycles. The molecule has 3 heteroatoms. The van der Waals surface area contributed by atoms with Gasteiger partial charge in [-0.2, -0.15) is 0 Å². The molecule has 0 saturated heterocycles. The summed E-state index contributed by atoms with van der Waals surface area (Å²) in [5, 5.41) is 0. The molecule has 1 aromatic rings. The lowest BCUT2D eigenvalue weighted by atomic mass is 9.95. The Balaban J connectivity index is 2.37. The molecule has 2 unspecified atom stereocenters. The topological polar surface area (TPSA) is 26.0 Å². The fraction of sp³-hybridized carbons (Fsp3) is 0.538. The third-order valence-corrected chi connectivity index (χ3v) is 3.68. The Bertz CT molecular complexity index is 426. The van der Waals surface area contributed by atoms with Crippen molar-refractivity contribution in [1.82, 2.24) is 0 Å². The molecule has 2 atom stereocenters. The molecule has 0 amide bonds. The highest BCUT2D eigenvalue weighted by molar-refractivity contribution is 5.31. The second-order valence-corrected chi connectivity index (χ2v) is 5.42. The lowest BCUT2D eigenvalue weighted by Gasteiger charge is -2.16. The Labute approximate surface area is 94.7 Å². The molecule has 1 nitrogen and oxygen atoms in total. The summed E-state index contributed by atoms with van der Waals surface area (Å²) in [5.41, 5.74) is 6.58. The Kier molecular flexibility index (Phi) is 2.54. The Morgan fingerprint density at radius 1 is 1.38 bits per heavy atom. The standard InChI is InChI=1S/C13H17F2N/c1-7-4-5-9(14)10(11(7)15)12(16)8-6-13(8,2)3/h4-5,8,12H,6,16H2,1-3H3. The summed E-state index contributed by atoms with van der Waals surface area (Å²) in [7, 11) is 0. The van der Waals surface area contributed by atoms with Gasteiger partial charge in [-0.15, -0.1) is 0 Å². The minimum Gasteiger partial charge on any atom is -0.324 e. The highest BCUT2D eigenvalue weighted by Crippen LogP contribution is 2.57. The summed E-state index contributed by atoms with van der Waals surface area (Å²) >= 11 is 0. The normalized spacial score (nSPS) is 24.2. The average molecular weight is 225 g/mol. The van der Waals surface area contributed by atoms with E-state index in [2.05, 4.69) is 13.8 Å². The van der Waals surface area contributed by atoms with Gasteiger partial charge in [0.05, 0.1) is 0 Å². The molecular formula is C13H17F2N. The molecule has 2 rings (SSSR count). The highest BCUT2D eigenvalue weighted by atomic mass is 19.1. The number of hydrogen-bond acceptors (Lipinski definition) is 1. The fourth-order valence-electron chi connectivity index (χ4n) is 2.31.